The summed E-state index contributed by atoms with van der Waals surface area (Å²) in [6.07, 6.45) is 3.85. The zero-order chi connectivity index (χ0) is 20.9. The minimum Gasteiger partial charge on any atom is -0.478 e. The van der Waals surface area contributed by atoms with Gasteiger partial charge in [-0.05, 0) is 57.2 Å². The summed E-state index contributed by atoms with van der Waals surface area (Å²) in [4.78, 5) is 21.3. The maximum Gasteiger partial charge on any atom is 0.263 e. The smallest absolute Gasteiger partial charge is 0.263 e. The Hall–Kier alpha value is -3.06. The summed E-state index contributed by atoms with van der Waals surface area (Å²) in [5, 5.41) is 6.71. The number of halogens is 1. The number of anilines is 1. The Morgan fingerprint density at radius 1 is 1.14 bits per heavy atom. The molecule has 0 aliphatic carbocycles. The van der Waals surface area contributed by atoms with Crippen LogP contribution in [-0.2, 0) is 4.79 Å². The first kappa shape index (κ1) is 20.7. The van der Waals surface area contributed by atoms with E-state index in [2.05, 4.69) is 20.6 Å². The van der Waals surface area contributed by atoms with Gasteiger partial charge in [0.1, 0.15) is 23.2 Å². The quantitative estimate of drug-likeness (QED) is 0.551. The van der Waals surface area contributed by atoms with Crippen LogP contribution in [0.1, 0.15) is 19.7 Å². The normalized spacial score (nSPS) is 11.2. The Balaban J connectivity index is 1.51. The van der Waals surface area contributed by atoms with E-state index in [4.69, 9.17) is 16.3 Å². The molecular weight excluding hydrogens is 390 g/mol. The van der Waals surface area contributed by atoms with Crippen LogP contribution in [0.15, 0.2) is 54.9 Å². The molecule has 2 aromatic heterocycles. The first-order valence-electron chi connectivity index (χ1n) is 9.29. The number of ether oxygens (including phenoxy) is 1. The SMILES string of the molecule is Cc1nc(NCCNC(=O)C(C)(C)Oc2ccc(Cl)cc2)cc(-n2cccc2)n1. The van der Waals surface area contributed by atoms with Gasteiger partial charge in [0, 0.05) is 36.6 Å². The predicted molar refractivity (Wildman–Crippen MR) is 114 cm³/mol. The molecule has 7 nitrogen and oxygen atoms in total. The fraction of sp³-hybridized carbons (Fsp3) is 0.286. The van der Waals surface area contributed by atoms with Gasteiger partial charge in [0.05, 0.1) is 0 Å². The van der Waals surface area contributed by atoms with E-state index in [1.165, 1.54) is 0 Å². The van der Waals surface area contributed by atoms with E-state index in [1.54, 1.807) is 38.1 Å². The molecule has 0 fully saturated rings. The molecule has 29 heavy (non-hydrogen) atoms. The number of benzene rings is 1. The number of carbonyl (C=O) groups is 1. The van der Waals surface area contributed by atoms with Crippen LogP contribution >= 0.6 is 11.6 Å². The molecule has 2 heterocycles. The highest BCUT2D eigenvalue weighted by Crippen LogP contribution is 2.21. The number of nitrogens with zero attached hydrogens (tertiary/aromatic N) is 3. The van der Waals surface area contributed by atoms with Crippen molar-refractivity contribution in [2.45, 2.75) is 26.4 Å². The summed E-state index contributed by atoms with van der Waals surface area (Å²) in [5.74, 6) is 2.53. The van der Waals surface area contributed by atoms with Gasteiger partial charge in [-0.3, -0.25) is 4.79 Å². The second kappa shape index (κ2) is 8.96. The molecule has 0 saturated carbocycles. The molecular formula is C21H24ClN5O2. The third-order valence-electron chi connectivity index (χ3n) is 4.14. The molecule has 0 bridgehead atoms. The van der Waals surface area contributed by atoms with Gasteiger partial charge >= 0.3 is 0 Å². The van der Waals surface area contributed by atoms with Crippen LogP contribution in [0.25, 0.3) is 5.82 Å². The molecule has 1 amide bonds. The second-order valence-corrected chi connectivity index (χ2v) is 7.43. The van der Waals surface area contributed by atoms with Gasteiger partial charge in [0.25, 0.3) is 5.91 Å². The van der Waals surface area contributed by atoms with Gasteiger partial charge in [0.15, 0.2) is 5.60 Å². The fourth-order valence-electron chi connectivity index (χ4n) is 2.69. The highest BCUT2D eigenvalue weighted by molar-refractivity contribution is 6.30. The number of hydrogen-bond donors (Lipinski definition) is 2. The lowest BCUT2D eigenvalue weighted by molar-refractivity contribution is -0.134. The molecule has 2 N–H and O–H groups in total. The largest absolute Gasteiger partial charge is 0.478 e. The Bertz CT molecular complexity index is 956. The molecule has 0 aliphatic heterocycles. The van der Waals surface area contributed by atoms with Crippen LogP contribution in [0.3, 0.4) is 0 Å². The highest BCUT2D eigenvalue weighted by atomic mass is 35.5. The summed E-state index contributed by atoms with van der Waals surface area (Å²) in [6, 6.07) is 12.7. The lowest BCUT2D eigenvalue weighted by Gasteiger charge is -2.25. The molecule has 1 aromatic carbocycles. The van der Waals surface area contributed by atoms with Crippen LogP contribution in [0.2, 0.25) is 5.02 Å². The fourth-order valence-corrected chi connectivity index (χ4v) is 2.81. The molecule has 0 spiro atoms. The zero-order valence-corrected chi connectivity index (χ0v) is 17.4. The van der Waals surface area contributed by atoms with Gasteiger partial charge in [-0.1, -0.05) is 11.6 Å². The van der Waals surface area contributed by atoms with Crippen LogP contribution in [0, 0.1) is 6.92 Å². The number of amides is 1. The van der Waals surface area contributed by atoms with Crippen molar-refractivity contribution >= 4 is 23.3 Å². The third-order valence-corrected chi connectivity index (χ3v) is 4.40. The van der Waals surface area contributed by atoms with E-state index in [1.807, 2.05) is 42.1 Å². The van der Waals surface area contributed by atoms with E-state index < -0.39 is 5.60 Å². The van der Waals surface area contributed by atoms with Crippen molar-refractivity contribution in [3.05, 3.63) is 65.7 Å². The number of aryl methyl sites for hydroxylation is 1. The van der Waals surface area contributed by atoms with E-state index in [0.717, 1.165) is 5.82 Å². The Morgan fingerprint density at radius 2 is 1.83 bits per heavy atom. The van der Waals surface area contributed by atoms with Gasteiger partial charge in [-0.15, -0.1) is 0 Å². The van der Waals surface area contributed by atoms with Crippen molar-refractivity contribution in [2.75, 3.05) is 18.4 Å². The number of rotatable bonds is 8. The second-order valence-electron chi connectivity index (χ2n) is 7.00. The van der Waals surface area contributed by atoms with E-state index in [-0.39, 0.29) is 5.91 Å². The summed E-state index contributed by atoms with van der Waals surface area (Å²) in [6.45, 7) is 6.23. The summed E-state index contributed by atoms with van der Waals surface area (Å²) < 4.78 is 7.71. The van der Waals surface area contributed by atoms with Gasteiger partial charge in [-0.2, -0.15) is 0 Å². The Morgan fingerprint density at radius 3 is 2.52 bits per heavy atom. The average molecular weight is 414 g/mol. The van der Waals surface area contributed by atoms with E-state index in [0.29, 0.717) is 35.5 Å². The van der Waals surface area contributed by atoms with Gasteiger partial charge in [-0.25, -0.2) is 9.97 Å². The van der Waals surface area contributed by atoms with Crippen molar-refractivity contribution in [2.24, 2.45) is 0 Å². The number of nitrogens with one attached hydrogen (secondary N) is 2. The maximum atomic E-state index is 12.5. The first-order valence-corrected chi connectivity index (χ1v) is 9.67. The molecule has 0 unspecified atom stereocenters. The van der Waals surface area contributed by atoms with E-state index in [9.17, 15) is 4.79 Å². The predicted octanol–water partition coefficient (Wildman–Crippen LogP) is 3.61. The minimum atomic E-state index is -1.01. The topological polar surface area (TPSA) is 81.1 Å². The van der Waals surface area contributed by atoms with Crippen LogP contribution in [0.4, 0.5) is 5.82 Å². The van der Waals surface area contributed by atoms with Crippen molar-refractivity contribution in [3.8, 4) is 11.6 Å². The highest BCUT2D eigenvalue weighted by Gasteiger charge is 2.29. The molecule has 8 heteroatoms. The van der Waals surface area contributed by atoms with Crippen LogP contribution < -0.4 is 15.4 Å². The maximum absolute atomic E-state index is 12.5. The molecule has 0 atom stereocenters. The summed E-state index contributed by atoms with van der Waals surface area (Å²) in [5.41, 5.74) is -1.01. The number of aromatic nitrogens is 3. The monoisotopic (exact) mass is 413 g/mol. The lowest BCUT2D eigenvalue weighted by atomic mass is 10.1. The Labute approximate surface area is 175 Å². The molecule has 0 saturated heterocycles. The minimum absolute atomic E-state index is 0.207. The number of hydrogen-bond acceptors (Lipinski definition) is 5. The molecule has 3 rings (SSSR count). The van der Waals surface area contributed by atoms with E-state index >= 15 is 0 Å². The average Bonchev–Trinajstić information content (AvgIpc) is 3.21. The van der Waals surface area contributed by atoms with Crippen molar-refractivity contribution in [1.82, 2.24) is 19.9 Å². The zero-order valence-electron chi connectivity index (χ0n) is 16.6. The van der Waals surface area contributed by atoms with Crippen molar-refractivity contribution in [3.63, 3.8) is 0 Å². The van der Waals surface area contributed by atoms with Gasteiger partial charge in [0.2, 0.25) is 0 Å². The standard InChI is InChI=1S/C21H24ClN5O2/c1-15-25-18(14-19(26-15)27-12-4-5-13-27)23-10-11-24-20(28)21(2,3)29-17-8-6-16(22)7-9-17/h4-9,12-14H,10-11H2,1-3H3,(H,24,28)(H,23,25,26). The molecule has 3 aromatic rings. The molecule has 152 valence electrons. The summed E-state index contributed by atoms with van der Waals surface area (Å²) in [7, 11) is 0. The first-order chi connectivity index (χ1) is 13.8. The number of carbonyl (C=O) groups excluding carboxylic acids is 1. The Kier molecular flexibility index (Phi) is 6.39. The summed E-state index contributed by atoms with van der Waals surface area (Å²) >= 11 is 5.88. The van der Waals surface area contributed by atoms with Crippen LogP contribution in [-0.4, -0.2) is 39.1 Å². The molecule has 0 aliphatic rings. The van der Waals surface area contributed by atoms with Crippen molar-refractivity contribution in [1.29, 1.82) is 0 Å². The van der Waals surface area contributed by atoms with Crippen molar-refractivity contribution < 1.29 is 9.53 Å². The molecule has 0 radical (unpaired) electrons. The van der Waals surface area contributed by atoms with Crippen LogP contribution in [0.5, 0.6) is 5.75 Å². The lowest BCUT2D eigenvalue weighted by Crippen LogP contribution is -2.47. The third kappa shape index (κ3) is 5.71. The van der Waals surface area contributed by atoms with Gasteiger partial charge < -0.3 is 19.9 Å².